The molecule has 1 aliphatic heterocycles. The van der Waals surface area contributed by atoms with E-state index >= 15 is 0 Å². The lowest BCUT2D eigenvalue weighted by Crippen LogP contribution is -2.35. The number of ether oxygens (including phenoxy) is 2. The second-order valence-corrected chi connectivity index (χ2v) is 5.76. The molecule has 3 rings (SSSR count). The van der Waals surface area contributed by atoms with Gasteiger partial charge in [0.15, 0.2) is 0 Å². The van der Waals surface area contributed by atoms with Crippen molar-refractivity contribution in [2.45, 2.75) is 44.3 Å². The molecule has 1 aromatic carbocycles. The molecule has 20 heavy (non-hydrogen) atoms. The fourth-order valence-corrected chi connectivity index (χ4v) is 3.80. The number of methoxy groups -OCH3 is 2. The van der Waals surface area contributed by atoms with Crippen LogP contribution in [0.5, 0.6) is 11.5 Å². The summed E-state index contributed by atoms with van der Waals surface area (Å²) in [6.45, 7) is 1.61. The summed E-state index contributed by atoms with van der Waals surface area (Å²) in [4.78, 5) is 2.57. The molecule has 1 aromatic rings. The van der Waals surface area contributed by atoms with Crippen molar-refractivity contribution in [3.63, 3.8) is 0 Å². The van der Waals surface area contributed by atoms with Crippen molar-refractivity contribution >= 4 is 0 Å². The van der Waals surface area contributed by atoms with E-state index in [2.05, 4.69) is 11.0 Å². The quantitative estimate of drug-likeness (QED) is 0.917. The van der Waals surface area contributed by atoms with Gasteiger partial charge < -0.3 is 15.2 Å². The lowest BCUT2D eigenvalue weighted by Gasteiger charge is -2.30. The Labute approximate surface area is 120 Å². The van der Waals surface area contributed by atoms with E-state index in [4.69, 9.17) is 15.2 Å². The highest BCUT2D eigenvalue weighted by molar-refractivity contribution is 5.51. The Kier molecular flexibility index (Phi) is 3.85. The molecule has 1 unspecified atom stereocenters. The van der Waals surface area contributed by atoms with Crippen molar-refractivity contribution in [1.29, 1.82) is 0 Å². The SMILES string of the molecule is COc1cc2c(c(OC)c1)C(CN)N(C1CCCC1)C2. The van der Waals surface area contributed by atoms with Crippen molar-refractivity contribution in [2.75, 3.05) is 20.8 Å². The van der Waals surface area contributed by atoms with Gasteiger partial charge in [0.2, 0.25) is 0 Å². The standard InChI is InChI=1S/C16H24N2O2/c1-19-13-7-11-10-18(12-5-3-4-6-12)14(9-17)16(11)15(8-13)20-2/h7-8,12,14H,3-6,9-10,17H2,1-2H3. The highest BCUT2D eigenvalue weighted by atomic mass is 16.5. The van der Waals surface area contributed by atoms with Crippen LogP contribution in [0.4, 0.5) is 0 Å². The molecule has 1 fully saturated rings. The van der Waals surface area contributed by atoms with Gasteiger partial charge in [0.1, 0.15) is 11.5 Å². The van der Waals surface area contributed by atoms with Crippen LogP contribution in [0.3, 0.4) is 0 Å². The summed E-state index contributed by atoms with van der Waals surface area (Å²) in [5.41, 5.74) is 8.65. The molecule has 0 amide bonds. The van der Waals surface area contributed by atoms with Gasteiger partial charge in [0.25, 0.3) is 0 Å². The number of benzene rings is 1. The van der Waals surface area contributed by atoms with Gasteiger partial charge in [0.05, 0.1) is 20.3 Å². The molecule has 0 bridgehead atoms. The zero-order valence-electron chi connectivity index (χ0n) is 12.4. The van der Waals surface area contributed by atoms with E-state index in [0.29, 0.717) is 12.6 Å². The van der Waals surface area contributed by atoms with Gasteiger partial charge in [-0.1, -0.05) is 12.8 Å². The lowest BCUT2D eigenvalue weighted by atomic mass is 10.0. The Hall–Kier alpha value is -1.26. The van der Waals surface area contributed by atoms with E-state index < -0.39 is 0 Å². The number of fused-ring (bicyclic) bond motifs is 1. The van der Waals surface area contributed by atoms with Gasteiger partial charge in [-0.3, -0.25) is 4.90 Å². The molecule has 1 atom stereocenters. The first-order valence-corrected chi connectivity index (χ1v) is 7.49. The summed E-state index contributed by atoms with van der Waals surface area (Å²) in [6, 6.07) is 5.07. The van der Waals surface area contributed by atoms with Gasteiger partial charge in [0, 0.05) is 30.8 Å². The number of nitrogens with two attached hydrogens (primary N) is 1. The largest absolute Gasteiger partial charge is 0.497 e. The molecule has 1 saturated carbocycles. The number of hydrogen-bond acceptors (Lipinski definition) is 4. The van der Waals surface area contributed by atoms with Crippen molar-refractivity contribution in [3.05, 3.63) is 23.3 Å². The summed E-state index contributed by atoms with van der Waals surface area (Å²) in [5, 5.41) is 0. The minimum Gasteiger partial charge on any atom is -0.497 e. The molecule has 4 heteroatoms. The highest BCUT2D eigenvalue weighted by Crippen LogP contribution is 2.44. The van der Waals surface area contributed by atoms with E-state index in [0.717, 1.165) is 18.0 Å². The Morgan fingerprint density at radius 1 is 1.20 bits per heavy atom. The first-order valence-electron chi connectivity index (χ1n) is 7.49. The molecule has 2 N–H and O–H groups in total. The minimum absolute atomic E-state index is 0.286. The second kappa shape index (κ2) is 5.62. The van der Waals surface area contributed by atoms with Crippen LogP contribution in [-0.2, 0) is 6.54 Å². The highest BCUT2D eigenvalue weighted by Gasteiger charge is 2.37. The summed E-state index contributed by atoms with van der Waals surface area (Å²) < 4.78 is 11.0. The van der Waals surface area contributed by atoms with Gasteiger partial charge >= 0.3 is 0 Å². The summed E-state index contributed by atoms with van der Waals surface area (Å²) in [6.07, 6.45) is 5.28. The van der Waals surface area contributed by atoms with Crippen molar-refractivity contribution in [2.24, 2.45) is 5.73 Å². The summed E-state index contributed by atoms with van der Waals surface area (Å²) >= 11 is 0. The third-order valence-corrected chi connectivity index (χ3v) is 4.76. The molecule has 1 heterocycles. The Morgan fingerprint density at radius 2 is 1.95 bits per heavy atom. The fraction of sp³-hybridized carbons (Fsp3) is 0.625. The van der Waals surface area contributed by atoms with Crippen LogP contribution >= 0.6 is 0 Å². The number of rotatable bonds is 4. The molecule has 2 aliphatic rings. The molecule has 1 aliphatic carbocycles. The normalized spacial score (nSPS) is 23.1. The zero-order valence-corrected chi connectivity index (χ0v) is 12.4. The second-order valence-electron chi connectivity index (χ2n) is 5.76. The van der Waals surface area contributed by atoms with Gasteiger partial charge in [-0.25, -0.2) is 0 Å². The summed E-state index contributed by atoms with van der Waals surface area (Å²) in [5.74, 6) is 1.78. The Bertz CT molecular complexity index is 484. The van der Waals surface area contributed by atoms with Crippen LogP contribution in [0.15, 0.2) is 12.1 Å². The molecule has 4 nitrogen and oxygen atoms in total. The van der Waals surface area contributed by atoms with Crippen molar-refractivity contribution in [1.82, 2.24) is 4.90 Å². The number of hydrogen-bond donors (Lipinski definition) is 1. The predicted octanol–water partition coefficient (Wildman–Crippen LogP) is 2.46. The first kappa shape index (κ1) is 13.7. The minimum atomic E-state index is 0.286. The van der Waals surface area contributed by atoms with E-state index in [9.17, 15) is 0 Å². The third-order valence-electron chi connectivity index (χ3n) is 4.76. The molecule has 110 valence electrons. The van der Waals surface area contributed by atoms with Gasteiger partial charge in [-0.15, -0.1) is 0 Å². The zero-order chi connectivity index (χ0) is 14.1. The fourth-order valence-electron chi connectivity index (χ4n) is 3.80. The third kappa shape index (κ3) is 2.17. The molecular weight excluding hydrogens is 252 g/mol. The van der Waals surface area contributed by atoms with Crippen LogP contribution in [0.1, 0.15) is 42.9 Å². The average molecular weight is 276 g/mol. The summed E-state index contributed by atoms with van der Waals surface area (Å²) in [7, 11) is 3.42. The van der Waals surface area contributed by atoms with Crippen LogP contribution in [-0.4, -0.2) is 31.7 Å². The van der Waals surface area contributed by atoms with E-state index in [1.54, 1.807) is 14.2 Å². The van der Waals surface area contributed by atoms with E-state index in [1.807, 2.05) is 6.07 Å². The van der Waals surface area contributed by atoms with Crippen LogP contribution in [0.2, 0.25) is 0 Å². The van der Waals surface area contributed by atoms with Crippen LogP contribution < -0.4 is 15.2 Å². The maximum atomic E-state index is 6.07. The molecule has 0 saturated heterocycles. The lowest BCUT2D eigenvalue weighted by molar-refractivity contribution is 0.150. The average Bonchev–Trinajstić information content (AvgIpc) is 3.12. The van der Waals surface area contributed by atoms with Crippen LogP contribution in [0, 0.1) is 0 Å². The van der Waals surface area contributed by atoms with E-state index in [-0.39, 0.29) is 6.04 Å². The maximum absolute atomic E-state index is 6.07. The smallest absolute Gasteiger partial charge is 0.127 e. The Morgan fingerprint density at radius 3 is 2.55 bits per heavy atom. The Balaban J connectivity index is 1.98. The van der Waals surface area contributed by atoms with Gasteiger partial charge in [-0.2, -0.15) is 0 Å². The first-order chi connectivity index (χ1) is 9.78. The van der Waals surface area contributed by atoms with Gasteiger partial charge in [-0.05, 0) is 24.5 Å². The monoisotopic (exact) mass is 276 g/mol. The molecular formula is C16H24N2O2. The van der Waals surface area contributed by atoms with Crippen molar-refractivity contribution in [3.8, 4) is 11.5 Å². The van der Waals surface area contributed by atoms with Crippen LogP contribution in [0.25, 0.3) is 0 Å². The van der Waals surface area contributed by atoms with E-state index in [1.165, 1.54) is 36.8 Å². The predicted molar refractivity (Wildman–Crippen MR) is 79.1 cm³/mol. The number of nitrogens with zero attached hydrogens (tertiary/aromatic N) is 1. The molecule has 0 radical (unpaired) electrons. The molecule has 0 spiro atoms. The topological polar surface area (TPSA) is 47.7 Å². The maximum Gasteiger partial charge on any atom is 0.127 e. The molecule has 0 aromatic heterocycles. The van der Waals surface area contributed by atoms with Crippen molar-refractivity contribution < 1.29 is 9.47 Å².